The first-order valence-electron chi connectivity index (χ1n) is 7.48. The normalized spacial score (nSPS) is 11.0. The third-order valence-electron chi connectivity index (χ3n) is 3.17. The van der Waals surface area contributed by atoms with Gasteiger partial charge in [0, 0.05) is 46.8 Å². The minimum atomic E-state index is 0.145. The zero-order chi connectivity index (χ0) is 15.1. The second-order valence-electron chi connectivity index (χ2n) is 5.07. The van der Waals surface area contributed by atoms with Crippen LogP contribution in [-0.2, 0) is 19.0 Å². The number of carbonyl (C=O) groups is 1. The quantitative estimate of drug-likeness (QED) is 0.497. The lowest BCUT2D eigenvalue weighted by molar-refractivity contribution is -0.121. The summed E-state index contributed by atoms with van der Waals surface area (Å²) in [5.74, 6) is 0.598. The van der Waals surface area contributed by atoms with Crippen molar-refractivity contribution in [3.05, 3.63) is 0 Å². The van der Waals surface area contributed by atoms with Crippen LogP contribution in [0, 0.1) is 5.92 Å². The van der Waals surface area contributed by atoms with Crippen LogP contribution in [0.4, 0.5) is 0 Å². The molecule has 0 unspecified atom stereocenters. The lowest BCUT2D eigenvalue weighted by Crippen LogP contribution is -2.24. The summed E-state index contributed by atoms with van der Waals surface area (Å²) >= 11 is 0. The van der Waals surface area contributed by atoms with Crippen LogP contribution in [0.25, 0.3) is 0 Å². The van der Waals surface area contributed by atoms with Gasteiger partial charge in [0.05, 0.1) is 13.2 Å². The lowest BCUT2D eigenvalue weighted by atomic mass is 10.0. The van der Waals surface area contributed by atoms with Crippen LogP contribution in [-0.4, -0.2) is 53.6 Å². The molecular formula is C15H31NO4. The Labute approximate surface area is 123 Å². The second kappa shape index (κ2) is 14.8. The molecule has 0 heterocycles. The van der Waals surface area contributed by atoms with Gasteiger partial charge in [-0.3, -0.25) is 4.79 Å². The summed E-state index contributed by atoms with van der Waals surface area (Å²) in [5, 5.41) is 2.96. The Hall–Kier alpha value is -0.650. The molecule has 0 bridgehead atoms. The van der Waals surface area contributed by atoms with Gasteiger partial charge in [-0.2, -0.15) is 0 Å². The maximum atomic E-state index is 11.5. The summed E-state index contributed by atoms with van der Waals surface area (Å²) in [6.07, 6.45) is 5.60. The largest absolute Gasteiger partial charge is 0.385 e. The number of amides is 1. The number of nitrogens with one attached hydrogen (secondary N) is 1. The maximum absolute atomic E-state index is 11.5. The van der Waals surface area contributed by atoms with Gasteiger partial charge in [0.25, 0.3) is 0 Å². The third-order valence-corrected chi connectivity index (χ3v) is 3.17. The molecule has 0 aromatic rings. The fourth-order valence-corrected chi connectivity index (χ4v) is 2.09. The molecule has 0 aliphatic heterocycles. The topological polar surface area (TPSA) is 56.8 Å². The molecular weight excluding hydrogens is 258 g/mol. The number of ether oxygens (including phenoxy) is 3. The average molecular weight is 289 g/mol. The van der Waals surface area contributed by atoms with E-state index in [4.69, 9.17) is 14.2 Å². The highest BCUT2D eigenvalue weighted by atomic mass is 16.5. The van der Waals surface area contributed by atoms with Gasteiger partial charge in [0.15, 0.2) is 0 Å². The second-order valence-corrected chi connectivity index (χ2v) is 5.07. The number of methoxy groups -OCH3 is 3. The Morgan fingerprint density at radius 2 is 1.65 bits per heavy atom. The standard InChI is InChI=1S/C15H31NO4/c1-18-11-7-5-9-15(17)16-10-6-4-8-14(12-19-2)13-20-3/h14H,4-13H2,1-3H3,(H,16,17). The van der Waals surface area contributed by atoms with Crippen molar-refractivity contribution in [3.8, 4) is 0 Å². The summed E-state index contributed by atoms with van der Waals surface area (Å²) in [6, 6.07) is 0. The molecule has 0 atom stereocenters. The van der Waals surface area contributed by atoms with E-state index < -0.39 is 0 Å². The van der Waals surface area contributed by atoms with Crippen molar-refractivity contribution in [2.45, 2.75) is 38.5 Å². The number of hydrogen-bond acceptors (Lipinski definition) is 4. The Balaban J connectivity index is 3.43. The van der Waals surface area contributed by atoms with Crippen molar-refractivity contribution in [1.29, 1.82) is 0 Å². The Morgan fingerprint density at radius 3 is 2.25 bits per heavy atom. The molecule has 0 aromatic heterocycles. The highest BCUT2D eigenvalue weighted by molar-refractivity contribution is 5.75. The fourth-order valence-electron chi connectivity index (χ4n) is 2.09. The van der Waals surface area contributed by atoms with Gasteiger partial charge in [0.2, 0.25) is 5.91 Å². The predicted octanol–water partition coefficient (Wildman–Crippen LogP) is 2.00. The van der Waals surface area contributed by atoms with Crippen molar-refractivity contribution >= 4 is 5.91 Å². The van der Waals surface area contributed by atoms with Gasteiger partial charge < -0.3 is 19.5 Å². The van der Waals surface area contributed by atoms with Gasteiger partial charge in [-0.1, -0.05) is 6.42 Å². The summed E-state index contributed by atoms with van der Waals surface area (Å²) in [6.45, 7) is 2.96. The molecule has 20 heavy (non-hydrogen) atoms. The van der Waals surface area contributed by atoms with E-state index >= 15 is 0 Å². The van der Waals surface area contributed by atoms with E-state index in [-0.39, 0.29) is 5.91 Å². The molecule has 0 rings (SSSR count). The van der Waals surface area contributed by atoms with Gasteiger partial charge >= 0.3 is 0 Å². The highest BCUT2D eigenvalue weighted by Crippen LogP contribution is 2.09. The number of rotatable bonds is 14. The molecule has 5 heteroatoms. The summed E-state index contributed by atoms with van der Waals surface area (Å²) < 4.78 is 15.3. The number of unbranched alkanes of at least 4 members (excludes halogenated alkanes) is 2. The van der Waals surface area contributed by atoms with Crippen molar-refractivity contribution in [2.75, 3.05) is 47.7 Å². The molecule has 0 aliphatic rings. The molecule has 0 aromatic carbocycles. The Bertz CT molecular complexity index is 218. The van der Waals surface area contributed by atoms with E-state index in [9.17, 15) is 4.79 Å². The zero-order valence-electron chi connectivity index (χ0n) is 13.3. The molecule has 120 valence electrons. The minimum Gasteiger partial charge on any atom is -0.385 e. The van der Waals surface area contributed by atoms with Gasteiger partial charge in [-0.25, -0.2) is 0 Å². The first-order chi connectivity index (χ1) is 9.74. The van der Waals surface area contributed by atoms with Crippen LogP contribution in [0.5, 0.6) is 0 Å². The smallest absolute Gasteiger partial charge is 0.219 e. The molecule has 0 fully saturated rings. The average Bonchev–Trinajstić information content (AvgIpc) is 2.43. The van der Waals surface area contributed by atoms with E-state index in [1.165, 1.54) is 0 Å². The SMILES string of the molecule is COCCCCC(=O)NCCCCC(COC)COC. The van der Waals surface area contributed by atoms with Gasteiger partial charge in [-0.15, -0.1) is 0 Å². The van der Waals surface area contributed by atoms with Crippen molar-refractivity contribution < 1.29 is 19.0 Å². The summed E-state index contributed by atoms with van der Waals surface area (Å²) in [4.78, 5) is 11.5. The molecule has 0 spiro atoms. The van der Waals surface area contributed by atoms with Crippen LogP contribution in [0.15, 0.2) is 0 Å². The monoisotopic (exact) mass is 289 g/mol. The Morgan fingerprint density at radius 1 is 0.950 bits per heavy atom. The number of carbonyl (C=O) groups excluding carboxylic acids is 1. The fraction of sp³-hybridized carbons (Fsp3) is 0.933. The molecule has 0 aliphatic carbocycles. The van der Waals surface area contributed by atoms with Gasteiger partial charge in [-0.05, 0) is 25.7 Å². The van der Waals surface area contributed by atoms with Crippen LogP contribution < -0.4 is 5.32 Å². The minimum absolute atomic E-state index is 0.145. The molecule has 0 radical (unpaired) electrons. The molecule has 5 nitrogen and oxygen atoms in total. The van der Waals surface area contributed by atoms with Crippen LogP contribution >= 0.6 is 0 Å². The summed E-state index contributed by atoms with van der Waals surface area (Å²) in [5.41, 5.74) is 0. The highest BCUT2D eigenvalue weighted by Gasteiger charge is 2.07. The Kier molecular flexibility index (Phi) is 14.3. The first-order valence-corrected chi connectivity index (χ1v) is 7.48. The number of hydrogen-bond donors (Lipinski definition) is 1. The van der Waals surface area contributed by atoms with Crippen molar-refractivity contribution in [3.63, 3.8) is 0 Å². The summed E-state index contributed by atoms with van der Waals surface area (Å²) in [7, 11) is 5.11. The van der Waals surface area contributed by atoms with Crippen LogP contribution in [0.1, 0.15) is 38.5 Å². The molecule has 0 saturated heterocycles. The van der Waals surface area contributed by atoms with E-state index in [2.05, 4.69) is 5.32 Å². The molecule has 1 N–H and O–H groups in total. The molecule has 1 amide bonds. The predicted molar refractivity (Wildman–Crippen MR) is 79.8 cm³/mol. The van der Waals surface area contributed by atoms with Crippen LogP contribution in [0.2, 0.25) is 0 Å². The van der Waals surface area contributed by atoms with E-state index in [1.54, 1.807) is 21.3 Å². The van der Waals surface area contributed by atoms with Crippen LogP contribution in [0.3, 0.4) is 0 Å². The first kappa shape index (κ1) is 19.4. The van der Waals surface area contributed by atoms with E-state index in [0.717, 1.165) is 58.5 Å². The van der Waals surface area contributed by atoms with E-state index in [0.29, 0.717) is 12.3 Å². The van der Waals surface area contributed by atoms with Gasteiger partial charge in [0.1, 0.15) is 0 Å². The lowest BCUT2D eigenvalue weighted by Gasteiger charge is -2.14. The maximum Gasteiger partial charge on any atom is 0.219 e. The molecule has 0 saturated carbocycles. The zero-order valence-corrected chi connectivity index (χ0v) is 13.3. The van der Waals surface area contributed by atoms with Crippen molar-refractivity contribution in [1.82, 2.24) is 5.32 Å². The van der Waals surface area contributed by atoms with Crippen molar-refractivity contribution in [2.24, 2.45) is 5.92 Å². The van der Waals surface area contributed by atoms with E-state index in [1.807, 2.05) is 0 Å². The third kappa shape index (κ3) is 12.4.